The molecule has 8 heteroatoms. The fraction of sp³-hybridized carbons (Fsp3) is 0.200. The summed E-state index contributed by atoms with van der Waals surface area (Å²) < 4.78 is 55.1. The van der Waals surface area contributed by atoms with Crippen LogP contribution in [0, 0.1) is 0 Å². The molecule has 0 unspecified atom stereocenters. The van der Waals surface area contributed by atoms with Crippen molar-refractivity contribution in [2.75, 3.05) is 13.4 Å². The van der Waals surface area contributed by atoms with Crippen molar-refractivity contribution in [1.29, 1.82) is 0 Å². The lowest BCUT2D eigenvalue weighted by molar-refractivity contribution is 0.414. The minimum atomic E-state index is -3.80. The molecule has 0 bridgehead atoms. The highest BCUT2D eigenvalue weighted by molar-refractivity contribution is 7.91. The van der Waals surface area contributed by atoms with Crippen LogP contribution in [0.5, 0.6) is 5.75 Å². The molecular formula is C15H17NO5S2. The van der Waals surface area contributed by atoms with E-state index in [9.17, 15) is 16.8 Å². The van der Waals surface area contributed by atoms with Gasteiger partial charge in [0.25, 0.3) is 0 Å². The van der Waals surface area contributed by atoms with Gasteiger partial charge < -0.3 is 4.74 Å². The second-order valence-corrected chi connectivity index (χ2v) is 8.70. The standard InChI is InChI=1S/C15H17NO5S2/c1-21-13-8-6-12(7-9-13)11-16-23(19,20)15-5-3-4-14(10-15)22(2,17)18/h3-10,16H,11H2,1-2H3. The summed E-state index contributed by atoms with van der Waals surface area (Å²) in [5.41, 5.74) is 0.758. The van der Waals surface area contributed by atoms with Crippen LogP contribution in [0.15, 0.2) is 58.3 Å². The zero-order valence-corrected chi connectivity index (χ0v) is 14.3. The van der Waals surface area contributed by atoms with Gasteiger partial charge in [0.05, 0.1) is 16.9 Å². The largest absolute Gasteiger partial charge is 0.497 e. The van der Waals surface area contributed by atoms with Crippen molar-refractivity contribution in [3.05, 3.63) is 54.1 Å². The first-order chi connectivity index (χ1) is 10.7. The maximum atomic E-state index is 12.3. The molecule has 0 aromatic heterocycles. The molecule has 0 aliphatic rings. The zero-order valence-electron chi connectivity index (χ0n) is 12.7. The van der Waals surface area contributed by atoms with Crippen LogP contribution in [0.2, 0.25) is 0 Å². The van der Waals surface area contributed by atoms with Crippen LogP contribution in [-0.4, -0.2) is 30.2 Å². The predicted molar refractivity (Wildman–Crippen MR) is 86.6 cm³/mol. The monoisotopic (exact) mass is 355 g/mol. The lowest BCUT2D eigenvalue weighted by Crippen LogP contribution is -2.23. The number of methoxy groups -OCH3 is 1. The number of hydrogen-bond donors (Lipinski definition) is 1. The Balaban J connectivity index is 2.18. The van der Waals surface area contributed by atoms with E-state index in [1.165, 1.54) is 18.2 Å². The minimum absolute atomic E-state index is 0.0372. The highest BCUT2D eigenvalue weighted by Gasteiger charge is 2.16. The Labute approximate surface area is 136 Å². The Morgan fingerprint density at radius 3 is 2.13 bits per heavy atom. The molecule has 0 heterocycles. The number of nitrogens with one attached hydrogen (secondary N) is 1. The number of ether oxygens (including phenoxy) is 1. The molecule has 0 amide bonds. The molecule has 2 aromatic rings. The zero-order chi connectivity index (χ0) is 17.1. The Morgan fingerprint density at radius 2 is 1.57 bits per heavy atom. The third-order valence-corrected chi connectivity index (χ3v) is 5.68. The Kier molecular flexibility index (Phi) is 5.08. The number of sulfonamides is 1. The highest BCUT2D eigenvalue weighted by atomic mass is 32.2. The van der Waals surface area contributed by atoms with E-state index in [4.69, 9.17) is 4.74 Å². The van der Waals surface area contributed by atoms with Gasteiger partial charge in [0.2, 0.25) is 10.0 Å². The lowest BCUT2D eigenvalue weighted by Gasteiger charge is -2.08. The summed E-state index contributed by atoms with van der Waals surface area (Å²) in [6.45, 7) is 0.0927. The topological polar surface area (TPSA) is 89.5 Å². The van der Waals surface area contributed by atoms with Crippen LogP contribution in [-0.2, 0) is 26.4 Å². The predicted octanol–water partition coefficient (Wildman–Crippen LogP) is 1.58. The van der Waals surface area contributed by atoms with Gasteiger partial charge in [-0.25, -0.2) is 21.6 Å². The molecule has 0 fully saturated rings. The van der Waals surface area contributed by atoms with E-state index in [1.807, 2.05) is 0 Å². The Bertz CT molecular complexity index is 888. The first-order valence-electron chi connectivity index (χ1n) is 6.65. The SMILES string of the molecule is COc1ccc(CNS(=O)(=O)c2cccc(S(C)(=O)=O)c2)cc1. The number of benzene rings is 2. The summed E-state index contributed by atoms with van der Waals surface area (Å²) >= 11 is 0. The van der Waals surface area contributed by atoms with Crippen molar-refractivity contribution in [3.63, 3.8) is 0 Å². The van der Waals surface area contributed by atoms with Gasteiger partial charge in [-0.1, -0.05) is 18.2 Å². The molecule has 2 rings (SSSR count). The fourth-order valence-corrected chi connectivity index (χ4v) is 3.68. The maximum absolute atomic E-state index is 12.3. The summed E-state index contributed by atoms with van der Waals surface area (Å²) in [6.07, 6.45) is 1.03. The molecule has 0 saturated heterocycles. The van der Waals surface area contributed by atoms with Gasteiger partial charge in [-0.2, -0.15) is 0 Å². The molecule has 0 radical (unpaired) electrons. The first kappa shape index (κ1) is 17.5. The fourth-order valence-electron chi connectivity index (χ4n) is 1.88. The minimum Gasteiger partial charge on any atom is -0.497 e. The van der Waals surface area contributed by atoms with E-state index in [0.29, 0.717) is 5.75 Å². The van der Waals surface area contributed by atoms with E-state index in [-0.39, 0.29) is 16.3 Å². The van der Waals surface area contributed by atoms with E-state index >= 15 is 0 Å². The third-order valence-electron chi connectivity index (χ3n) is 3.17. The van der Waals surface area contributed by atoms with Crippen molar-refractivity contribution in [3.8, 4) is 5.75 Å². The van der Waals surface area contributed by atoms with Gasteiger partial charge in [-0.05, 0) is 35.9 Å². The number of hydrogen-bond acceptors (Lipinski definition) is 5. The summed E-state index contributed by atoms with van der Waals surface area (Å²) in [5, 5.41) is 0. The molecule has 2 aromatic carbocycles. The van der Waals surface area contributed by atoms with Crippen LogP contribution in [0.1, 0.15) is 5.56 Å². The van der Waals surface area contributed by atoms with Crippen molar-refractivity contribution in [2.24, 2.45) is 0 Å². The van der Waals surface area contributed by atoms with Gasteiger partial charge in [-0.3, -0.25) is 0 Å². The average molecular weight is 355 g/mol. The van der Waals surface area contributed by atoms with E-state index in [1.54, 1.807) is 31.4 Å². The van der Waals surface area contributed by atoms with E-state index in [0.717, 1.165) is 17.9 Å². The molecule has 23 heavy (non-hydrogen) atoms. The van der Waals surface area contributed by atoms with Crippen LogP contribution in [0.3, 0.4) is 0 Å². The molecule has 6 nitrogen and oxygen atoms in total. The van der Waals surface area contributed by atoms with Crippen molar-refractivity contribution < 1.29 is 21.6 Å². The third kappa shape index (κ3) is 4.54. The molecule has 0 saturated carbocycles. The van der Waals surface area contributed by atoms with Gasteiger partial charge in [0, 0.05) is 12.8 Å². The van der Waals surface area contributed by atoms with Crippen LogP contribution in [0.4, 0.5) is 0 Å². The molecule has 1 N–H and O–H groups in total. The summed E-state index contributed by atoms with van der Waals surface area (Å²) in [7, 11) is -5.72. The second kappa shape index (κ2) is 6.69. The molecular weight excluding hydrogens is 338 g/mol. The summed E-state index contributed by atoms with van der Waals surface area (Å²) in [4.78, 5) is -0.126. The van der Waals surface area contributed by atoms with Gasteiger partial charge in [0.15, 0.2) is 9.84 Å². The summed E-state index contributed by atoms with van der Waals surface area (Å²) in [6, 6.07) is 12.2. The van der Waals surface area contributed by atoms with Crippen molar-refractivity contribution >= 4 is 19.9 Å². The normalized spacial score (nSPS) is 12.1. The van der Waals surface area contributed by atoms with Gasteiger partial charge in [0.1, 0.15) is 5.75 Å². The van der Waals surface area contributed by atoms with E-state index in [2.05, 4.69) is 4.72 Å². The molecule has 0 atom stereocenters. The second-order valence-electron chi connectivity index (χ2n) is 4.92. The van der Waals surface area contributed by atoms with Crippen LogP contribution < -0.4 is 9.46 Å². The lowest BCUT2D eigenvalue weighted by atomic mass is 10.2. The van der Waals surface area contributed by atoms with Crippen molar-refractivity contribution in [2.45, 2.75) is 16.3 Å². The van der Waals surface area contributed by atoms with E-state index < -0.39 is 19.9 Å². The molecule has 0 spiro atoms. The van der Waals surface area contributed by atoms with Crippen molar-refractivity contribution in [1.82, 2.24) is 4.72 Å². The molecule has 0 aliphatic carbocycles. The highest BCUT2D eigenvalue weighted by Crippen LogP contribution is 2.16. The quantitative estimate of drug-likeness (QED) is 0.850. The first-order valence-corrected chi connectivity index (χ1v) is 10.0. The van der Waals surface area contributed by atoms with Crippen LogP contribution >= 0.6 is 0 Å². The van der Waals surface area contributed by atoms with Gasteiger partial charge >= 0.3 is 0 Å². The Hall–Kier alpha value is -1.90. The maximum Gasteiger partial charge on any atom is 0.240 e. The average Bonchev–Trinajstić information content (AvgIpc) is 2.53. The number of sulfone groups is 1. The smallest absolute Gasteiger partial charge is 0.240 e. The molecule has 0 aliphatic heterocycles. The Morgan fingerprint density at radius 1 is 0.957 bits per heavy atom. The van der Waals surface area contributed by atoms with Gasteiger partial charge in [-0.15, -0.1) is 0 Å². The number of rotatable bonds is 6. The van der Waals surface area contributed by atoms with Crippen LogP contribution in [0.25, 0.3) is 0 Å². The molecule has 124 valence electrons. The summed E-state index contributed by atoms with van der Waals surface area (Å²) in [5.74, 6) is 0.678.